The van der Waals surface area contributed by atoms with Crippen LogP contribution in [0, 0.1) is 41.5 Å². The van der Waals surface area contributed by atoms with Crippen molar-refractivity contribution in [3.05, 3.63) is 57.6 Å². The zero-order valence-electron chi connectivity index (χ0n) is 13.1. The first-order valence-electron chi connectivity index (χ1n) is 6.93. The van der Waals surface area contributed by atoms with E-state index in [2.05, 4.69) is 65.8 Å². The van der Waals surface area contributed by atoms with Crippen molar-refractivity contribution in [2.45, 2.75) is 41.5 Å². The highest BCUT2D eigenvalue weighted by molar-refractivity contribution is 7.95. The smallest absolute Gasteiger partial charge is 0.0529 e. The highest BCUT2D eigenvalue weighted by Gasteiger charge is 2.17. The molecular weight excluding hydrogens is 283 g/mol. The van der Waals surface area contributed by atoms with Gasteiger partial charge in [0.2, 0.25) is 0 Å². The van der Waals surface area contributed by atoms with E-state index in [1.54, 1.807) is 0 Å². The maximum absolute atomic E-state index is 6.86. The predicted octanol–water partition coefficient (Wildman–Crippen LogP) is 5.12. The predicted molar refractivity (Wildman–Crippen MR) is 93.3 cm³/mol. The summed E-state index contributed by atoms with van der Waals surface area (Å²) in [7, 11) is -0.797. The average molecular weight is 305 g/mol. The van der Waals surface area contributed by atoms with Gasteiger partial charge in [-0.3, -0.25) is 0 Å². The molecule has 106 valence electrons. The van der Waals surface area contributed by atoms with Crippen molar-refractivity contribution in [1.29, 1.82) is 0 Å². The fraction of sp³-hybridized carbons (Fsp3) is 0.333. The fourth-order valence-electron chi connectivity index (χ4n) is 2.44. The summed E-state index contributed by atoms with van der Waals surface area (Å²) in [5, 5.41) is 2.58. The van der Waals surface area contributed by atoms with Gasteiger partial charge in [0, 0.05) is 0 Å². The van der Waals surface area contributed by atoms with Crippen molar-refractivity contribution in [2.24, 2.45) is 0 Å². The zero-order valence-corrected chi connectivity index (χ0v) is 14.8. The van der Waals surface area contributed by atoms with Crippen LogP contribution >= 0.6 is 18.5 Å². The second-order valence-electron chi connectivity index (χ2n) is 5.73. The SMILES string of the molecule is Cc1cc(C)c(P(Cl)c2cc(C)c(C)cc2C)cc1C. The average Bonchev–Trinajstić information content (AvgIpc) is 2.37. The number of halogens is 1. The van der Waals surface area contributed by atoms with E-state index < -0.39 is 7.27 Å². The standard InChI is InChI=1S/C18H22ClP/c1-11-7-15(5)17(9-13(11)3)20(19)18-10-14(4)12(2)8-16(18)6/h7-10H,1-6H3. The first-order valence-corrected chi connectivity index (χ1v) is 9.17. The molecule has 0 radical (unpaired) electrons. The van der Waals surface area contributed by atoms with Gasteiger partial charge in [-0.25, -0.2) is 0 Å². The topological polar surface area (TPSA) is 0 Å². The van der Waals surface area contributed by atoms with Crippen LogP contribution < -0.4 is 10.6 Å². The fourth-order valence-corrected chi connectivity index (χ4v) is 5.16. The third-order valence-corrected chi connectivity index (χ3v) is 6.95. The Kier molecular flexibility index (Phi) is 4.57. The van der Waals surface area contributed by atoms with Gasteiger partial charge >= 0.3 is 0 Å². The van der Waals surface area contributed by atoms with E-state index in [9.17, 15) is 0 Å². The molecule has 0 nitrogen and oxygen atoms in total. The summed E-state index contributed by atoms with van der Waals surface area (Å²) in [6, 6.07) is 9.02. The van der Waals surface area contributed by atoms with Crippen LogP contribution in [-0.2, 0) is 0 Å². The molecule has 0 unspecified atom stereocenters. The van der Waals surface area contributed by atoms with E-state index in [0.29, 0.717) is 0 Å². The maximum atomic E-state index is 6.86. The van der Waals surface area contributed by atoms with Crippen molar-refractivity contribution in [1.82, 2.24) is 0 Å². The summed E-state index contributed by atoms with van der Waals surface area (Å²) in [4.78, 5) is 0. The molecular formula is C18H22ClP. The van der Waals surface area contributed by atoms with Crippen LogP contribution in [0.2, 0.25) is 0 Å². The van der Waals surface area contributed by atoms with Gasteiger partial charge in [0.25, 0.3) is 0 Å². The van der Waals surface area contributed by atoms with Gasteiger partial charge < -0.3 is 0 Å². The van der Waals surface area contributed by atoms with Gasteiger partial charge in [-0.05, 0) is 97.7 Å². The number of benzene rings is 2. The van der Waals surface area contributed by atoms with E-state index in [0.717, 1.165) is 0 Å². The van der Waals surface area contributed by atoms with E-state index >= 15 is 0 Å². The van der Waals surface area contributed by atoms with Crippen molar-refractivity contribution >= 4 is 29.1 Å². The first-order chi connectivity index (χ1) is 9.31. The Balaban J connectivity index is 2.54. The third kappa shape index (κ3) is 2.92. The molecule has 2 rings (SSSR count). The lowest BCUT2D eigenvalue weighted by atomic mass is 10.1. The molecule has 2 aromatic rings. The lowest BCUT2D eigenvalue weighted by Gasteiger charge is -2.18. The van der Waals surface area contributed by atoms with Gasteiger partial charge in [0.15, 0.2) is 0 Å². The summed E-state index contributed by atoms with van der Waals surface area (Å²) in [6.45, 7) is 13.0. The molecule has 20 heavy (non-hydrogen) atoms. The van der Waals surface area contributed by atoms with Gasteiger partial charge in [0.1, 0.15) is 0 Å². The van der Waals surface area contributed by atoms with Crippen LogP contribution in [-0.4, -0.2) is 0 Å². The van der Waals surface area contributed by atoms with E-state index in [4.69, 9.17) is 11.2 Å². The molecule has 0 aliphatic carbocycles. The first kappa shape index (κ1) is 15.5. The second kappa shape index (κ2) is 5.88. The zero-order chi connectivity index (χ0) is 15.0. The van der Waals surface area contributed by atoms with Gasteiger partial charge in [-0.1, -0.05) is 23.4 Å². The second-order valence-corrected chi connectivity index (χ2v) is 8.27. The highest BCUT2D eigenvalue weighted by atomic mass is 35.7. The normalized spacial score (nSPS) is 11.2. The lowest BCUT2D eigenvalue weighted by Crippen LogP contribution is -2.15. The number of aryl methyl sites for hydroxylation is 6. The van der Waals surface area contributed by atoms with E-state index in [-0.39, 0.29) is 0 Å². The van der Waals surface area contributed by atoms with Crippen LogP contribution in [0.3, 0.4) is 0 Å². The Hall–Kier alpha value is -0.840. The molecule has 0 heterocycles. The van der Waals surface area contributed by atoms with E-state index in [1.807, 2.05) is 0 Å². The molecule has 0 spiro atoms. The molecule has 2 aromatic carbocycles. The Morgan fingerprint density at radius 3 is 1.20 bits per heavy atom. The molecule has 0 amide bonds. The molecule has 0 saturated carbocycles. The molecule has 0 aliphatic rings. The van der Waals surface area contributed by atoms with Crippen molar-refractivity contribution < 1.29 is 0 Å². The summed E-state index contributed by atoms with van der Waals surface area (Å²) in [5.74, 6) is 0. The molecule has 0 aromatic heterocycles. The lowest BCUT2D eigenvalue weighted by molar-refractivity contribution is 1.31. The van der Waals surface area contributed by atoms with E-state index in [1.165, 1.54) is 44.0 Å². The third-order valence-electron chi connectivity index (χ3n) is 4.05. The minimum absolute atomic E-state index is 0.797. The molecule has 0 atom stereocenters. The number of rotatable bonds is 2. The van der Waals surface area contributed by atoms with Crippen LogP contribution in [0.25, 0.3) is 0 Å². The molecule has 0 N–H and O–H groups in total. The minimum atomic E-state index is -0.797. The summed E-state index contributed by atoms with van der Waals surface area (Å²) in [5.41, 5.74) is 7.91. The van der Waals surface area contributed by atoms with Gasteiger partial charge in [-0.2, -0.15) is 0 Å². The highest BCUT2D eigenvalue weighted by Crippen LogP contribution is 2.42. The van der Waals surface area contributed by atoms with Crippen molar-refractivity contribution in [3.8, 4) is 0 Å². The summed E-state index contributed by atoms with van der Waals surface area (Å²) >= 11 is 6.86. The van der Waals surface area contributed by atoms with Gasteiger partial charge in [0.05, 0.1) is 7.27 Å². The minimum Gasteiger partial charge on any atom is -0.0858 e. The Morgan fingerprint density at radius 2 is 0.850 bits per heavy atom. The largest absolute Gasteiger partial charge is 0.0858 e. The van der Waals surface area contributed by atoms with Crippen LogP contribution in [0.1, 0.15) is 33.4 Å². The summed E-state index contributed by atoms with van der Waals surface area (Å²) < 4.78 is 0. The van der Waals surface area contributed by atoms with Gasteiger partial charge in [-0.15, -0.1) is 0 Å². The number of hydrogen-bond donors (Lipinski definition) is 0. The molecule has 2 heteroatoms. The molecule has 0 aliphatic heterocycles. The van der Waals surface area contributed by atoms with Crippen LogP contribution in [0.15, 0.2) is 24.3 Å². The Bertz CT molecular complexity index is 601. The maximum Gasteiger partial charge on any atom is 0.0529 e. The monoisotopic (exact) mass is 304 g/mol. The number of hydrogen-bond acceptors (Lipinski definition) is 0. The molecule has 0 bridgehead atoms. The Labute approximate surface area is 128 Å². The molecule has 0 fully saturated rings. The quantitative estimate of drug-likeness (QED) is 0.675. The summed E-state index contributed by atoms with van der Waals surface area (Å²) in [6.07, 6.45) is 0. The van der Waals surface area contributed by atoms with Crippen molar-refractivity contribution in [3.63, 3.8) is 0 Å². The Morgan fingerprint density at radius 1 is 0.550 bits per heavy atom. The van der Waals surface area contributed by atoms with Crippen molar-refractivity contribution in [2.75, 3.05) is 0 Å². The van der Waals surface area contributed by atoms with Crippen LogP contribution in [0.5, 0.6) is 0 Å². The molecule has 0 saturated heterocycles. The van der Waals surface area contributed by atoms with Crippen LogP contribution in [0.4, 0.5) is 0 Å².